The van der Waals surface area contributed by atoms with Gasteiger partial charge in [-0.25, -0.2) is 19.3 Å². The number of anilines is 1. The molecule has 0 atom stereocenters. The van der Waals surface area contributed by atoms with E-state index < -0.39 is 5.54 Å². The number of benzene rings is 1. The van der Waals surface area contributed by atoms with Crippen LogP contribution in [0.1, 0.15) is 33.3 Å². The molecule has 0 radical (unpaired) electrons. The summed E-state index contributed by atoms with van der Waals surface area (Å²) in [6, 6.07) is 12.0. The molecule has 0 N–H and O–H groups in total. The van der Waals surface area contributed by atoms with Crippen LogP contribution in [-0.4, -0.2) is 55.5 Å². The molecule has 0 unspecified atom stereocenters. The van der Waals surface area contributed by atoms with Gasteiger partial charge in [-0.2, -0.15) is 5.26 Å². The summed E-state index contributed by atoms with van der Waals surface area (Å²) in [5, 5.41) is 10.1. The molecule has 37 heavy (non-hydrogen) atoms. The number of rotatable bonds is 4. The summed E-state index contributed by atoms with van der Waals surface area (Å²) >= 11 is 0. The van der Waals surface area contributed by atoms with Crippen LogP contribution in [0.3, 0.4) is 0 Å². The molecule has 188 valence electrons. The predicted molar refractivity (Wildman–Crippen MR) is 140 cm³/mol. The predicted octanol–water partition coefficient (Wildman–Crippen LogP) is 4.58. The van der Waals surface area contributed by atoms with E-state index >= 15 is 4.39 Å². The lowest BCUT2D eigenvalue weighted by molar-refractivity contribution is -0.140. The lowest BCUT2D eigenvalue weighted by Crippen LogP contribution is -2.62. The number of hydrogen-bond acceptors (Lipinski definition) is 6. The number of piperazine rings is 1. The van der Waals surface area contributed by atoms with Crippen molar-refractivity contribution in [2.24, 2.45) is 5.92 Å². The van der Waals surface area contributed by atoms with E-state index in [-0.39, 0.29) is 17.6 Å². The van der Waals surface area contributed by atoms with Gasteiger partial charge in [0, 0.05) is 49.1 Å². The van der Waals surface area contributed by atoms with E-state index in [4.69, 9.17) is 0 Å². The smallest absolute Gasteiger partial charge is 0.225 e. The van der Waals surface area contributed by atoms with Crippen molar-refractivity contribution in [3.05, 3.63) is 66.5 Å². The Kier molecular flexibility index (Phi) is 6.12. The highest BCUT2D eigenvalue weighted by atomic mass is 19.1. The molecule has 8 nitrogen and oxygen atoms in total. The molecule has 1 aliphatic heterocycles. The molecule has 3 aromatic heterocycles. The zero-order chi connectivity index (χ0) is 26.3. The average Bonchev–Trinajstić information content (AvgIpc) is 3.27. The van der Waals surface area contributed by atoms with Crippen molar-refractivity contribution in [2.75, 3.05) is 24.5 Å². The summed E-state index contributed by atoms with van der Waals surface area (Å²) in [6.45, 7) is 9.63. The van der Waals surface area contributed by atoms with Crippen LogP contribution in [0.2, 0.25) is 0 Å². The highest BCUT2D eigenvalue weighted by Crippen LogP contribution is 2.39. The number of amides is 1. The molecular formula is C28H28FN7O. The van der Waals surface area contributed by atoms with Gasteiger partial charge in [-0.05, 0) is 32.0 Å². The lowest BCUT2D eigenvalue weighted by Gasteiger charge is -2.48. The third-order valence-corrected chi connectivity index (χ3v) is 6.81. The Morgan fingerprint density at radius 2 is 1.89 bits per heavy atom. The summed E-state index contributed by atoms with van der Waals surface area (Å²) < 4.78 is 16.9. The number of fused-ring (bicyclic) bond motifs is 1. The third kappa shape index (κ3) is 4.29. The number of aromatic nitrogens is 4. The topological polar surface area (TPSA) is 90.9 Å². The Morgan fingerprint density at radius 3 is 2.59 bits per heavy atom. The van der Waals surface area contributed by atoms with Gasteiger partial charge < -0.3 is 9.80 Å². The lowest BCUT2D eigenvalue weighted by atomic mass is 9.96. The fourth-order valence-corrected chi connectivity index (χ4v) is 5.02. The van der Waals surface area contributed by atoms with Crippen molar-refractivity contribution >= 4 is 22.8 Å². The maximum Gasteiger partial charge on any atom is 0.225 e. The van der Waals surface area contributed by atoms with Crippen LogP contribution in [0.5, 0.6) is 0 Å². The molecule has 1 amide bonds. The largest absolute Gasteiger partial charge is 0.352 e. The van der Waals surface area contributed by atoms with Gasteiger partial charge in [-0.15, -0.1) is 0 Å². The Bertz CT molecular complexity index is 1540. The van der Waals surface area contributed by atoms with Crippen molar-refractivity contribution in [1.82, 2.24) is 24.4 Å². The summed E-state index contributed by atoms with van der Waals surface area (Å²) in [4.78, 5) is 30.6. The molecule has 0 aliphatic carbocycles. The van der Waals surface area contributed by atoms with Crippen molar-refractivity contribution in [2.45, 2.75) is 33.2 Å². The van der Waals surface area contributed by atoms with Crippen molar-refractivity contribution in [3.63, 3.8) is 0 Å². The van der Waals surface area contributed by atoms with Crippen LogP contribution in [-0.2, 0) is 4.79 Å². The zero-order valence-electron chi connectivity index (χ0n) is 21.3. The maximum absolute atomic E-state index is 15.1. The first-order valence-electron chi connectivity index (χ1n) is 12.2. The third-order valence-electron chi connectivity index (χ3n) is 6.81. The van der Waals surface area contributed by atoms with Crippen LogP contribution < -0.4 is 4.90 Å². The minimum Gasteiger partial charge on any atom is -0.352 e. The van der Waals surface area contributed by atoms with Crippen molar-refractivity contribution in [1.29, 1.82) is 5.26 Å². The Labute approximate surface area is 215 Å². The highest BCUT2D eigenvalue weighted by molar-refractivity contribution is 6.02. The second kappa shape index (κ2) is 9.28. The van der Waals surface area contributed by atoms with Gasteiger partial charge in [0.1, 0.15) is 23.8 Å². The minimum atomic E-state index is -0.430. The zero-order valence-corrected chi connectivity index (χ0v) is 21.3. The number of pyridine rings is 1. The molecule has 0 spiro atoms. The number of halogens is 1. The molecule has 0 saturated carbocycles. The van der Waals surface area contributed by atoms with Gasteiger partial charge in [0.25, 0.3) is 0 Å². The number of nitrogens with zero attached hydrogens (tertiary/aromatic N) is 7. The summed E-state index contributed by atoms with van der Waals surface area (Å²) in [5.74, 6) is 0.851. The molecule has 4 heterocycles. The fourth-order valence-electron chi connectivity index (χ4n) is 5.02. The number of carbonyl (C=O) groups is 1. The second-order valence-corrected chi connectivity index (χ2v) is 10.2. The van der Waals surface area contributed by atoms with Crippen LogP contribution in [0.25, 0.3) is 28.0 Å². The first kappa shape index (κ1) is 24.4. The van der Waals surface area contributed by atoms with Gasteiger partial charge in [0.15, 0.2) is 5.65 Å². The Hall–Kier alpha value is -4.32. The monoisotopic (exact) mass is 497 g/mol. The van der Waals surface area contributed by atoms with Crippen molar-refractivity contribution < 1.29 is 9.18 Å². The number of hydrogen-bond donors (Lipinski definition) is 0. The molecule has 1 aliphatic rings. The molecule has 5 rings (SSSR count). The quantitative estimate of drug-likeness (QED) is 0.410. The van der Waals surface area contributed by atoms with E-state index in [1.54, 1.807) is 47.3 Å². The standard InChI is InChI=1S/C28H28FN7O/c1-18(2)27(37)36-12-11-34(16-28(36,3)4)25-24-21(20-7-5-6-8-22(20)29)15-35(26(24)33-17-32-25)23-13-19(14-30)9-10-31-23/h5-10,13,15,17-18H,11-12,16H2,1-4H3. The van der Waals surface area contributed by atoms with Gasteiger partial charge in [-0.3, -0.25) is 9.36 Å². The molecule has 4 aromatic rings. The summed E-state index contributed by atoms with van der Waals surface area (Å²) in [7, 11) is 0. The molecular weight excluding hydrogens is 469 g/mol. The molecule has 0 bridgehead atoms. The van der Waals surface area contributed by atoms with Crippen molar-refractivity contribution in [3.8, 4) is 23.0 Å². The first-order chi connectivity index (χ1) is 17.7. The first-order valence-corrected chi connectivity index (χ1v) is 12.2. The van der Waals surface area contributed by atoms with Crippen LogP contribution >= 0.6 is 0 Å². The maximum atomic E-state index is 15.1. The van der Waals surface area contributed by atoms with Crippen LogP contribution in [0.4, 0.5) is 10.2 Å². The normalized spacial score (nSPS) is 15.3. The van der Waals surface area contributed by atoms with Gasteiger partial charge in [-0.1, -0.05) is 32.0 Å². The van der Waals surface area contributed by atoms with Gasteiger partial charge in [0.05, 0.1) is 22.6 Å². The van der Waals surface area contributed by atoms with Crippen LogP contribution in [0, 0.1) is 23.1 Å². The van der Waals surface area contributed by atoms with E-state index in [2.05, 4.69) is 39.8 Å². The second-order valence-electron chi connectivity index (χ2n) is 10.2. The number of carbonyl (C=O) groups excluding carboxylic acids is 1. The van der Waals surface area contributed by atoms with E-state index in [0.29, 0.717) is 59.0 Å². The average molecular weight is 498 g/mol. The highest BCUT2D eigenvalue weighted by Gasteiger charge is 2.38. The molecule has 1 aromatic carbocycles. The van der Waals surface area contributed by atoms with E-state index in [1.807, 2.05) is 18.7 Å². The Balaban J connectivity index is 1.69. The SMILES string of the molecule is CC(C)C(=O)N1CCN(c2ncnc3c2c(-c2ccccc2F)cn3-c2cc(C#N)ccn2)CC1(C)C. The summed E-state index contributed by atoms with van der Waals surface area (Å²) in [5.41, 5.74) is 1.64. The molecule has 1 fully saturated rings. The van der Waals surface area contributed by atoms with E-state index in [9.17, 15) is 10.1 Å². The number of nitriles is 1. The Morgan fingerprint density at radius 1 is 1.11 bits per heavy atom. The molecule has 9 heteroatoms. The summed E-state index contributed by atoms with van der Waals surface area (Å²) in [6.07, 6.45) is 4.86. The van der Waals surface area contributed by atoms with Gasteiger partial charge in [0.2, 0.25) is 5.91 Å². The van der Waals surface area contributed by atoms with Crippen LogP contribution in [0.15, 0.2) is 55.1 Å². The van der Waals surface area contributed by atoms with E-state index in [1.165, 1.54) is 12.4 Å². The van der Waals surface area contributed by atoms with Gasteiger partial charge >= 0.3 is 0 Å². The van der Waals surface area contributed by atoms with E-state index in [0.717, 1.165) is 0 Å². The molecule has 1 saturated heterocycles. The fraction of sp³-hybridized carbons (Fsp3) is 0.321. The minimum absolute atomic E-state index is 0.0880.